The summed E-state index contributed by atoms with van der Waals surface area (Å²) in [6.07, 6.45) is 0.477. The van der Waals surface area contributed by atoms with Crippen LogP contribution >= 0.6 is 0 Å². The van der Waals surface area contributed by atoms with Crippen molar-refractivity contribution in [1.29, 1.82) is 0 Å². The summed E-state index contributed by atoms with van der Waals surface area (Å²) in [4.78, 5) is 11.1. The van der Waals surface area contributed by atoms with Crippen LogP contribution in [-0.4, -0.2) is 11.3 Å². The predicted octanol–water partition coefficient (Wildman–Crippen LogP) is 1.34. The van der Waals surface area contributed by atoms with Crippen LogP contribution in [0.2, 0.25) is 0 Å². The summed E-state index contributed by atoms with van der Waals surface area (Å²) in [6.45, 7) is 7.53. The first-order chi connectivity index (χ1) is 4.33. The van der Waals surface area contributed by atoms with E-state index in [1.165, 1.54) is 0 Å². The molecule has 0 radical (unpaired) electrons. The van der Waals surface area contributed by atoms with Gasteiger partial charge in [-0.3, -0.25) is 4.79 Å². The van der Waals surface area contributed by atoms with Crippen LogP contribution in [0.1, 0.15) is 34.1 Å². The zero-order valence-electron chi connectivity index (χ0n) is 7.27. The fraction of sp³-hybridized carbons (Fsp3) is 0.875. The van der Waals surface area contributed by atoms with Gasteiger partial charge in [-0.05, 0) is 13.8 Å². The number of carbonyl (C=O) groups excluding carboxylic acids is 1. The van der Waals surface area contributed by atoms with Crippen LogP contribution < -0.4 is 5.73 Å². The third-order valence-corrected chi connectivity index (χ3v) is 1.27. The number of Topliss-reactive ketones (excluding diaryl/α,β-unsaturated/α-hetero) is 1. The van der Waals surface area contributed by atoms with Crippen LogP contribution in [0.25, 0.3) is 0 Å². The van der Waals surface area contributed by atoms with Crippen molar-refractivity contribution in [3.05, 3.63) is 0 Å². The van der Waals surface area contributed by atoms with Crippen molar-refractivity contribution < 1.29 is 4.79 Å². The normalized spacial score (nSPS) is 12.2. The second kappa shape index (κ2) is 3.15. The van der Waals surface area contributed by atoms with Gasteiger partial charge in [0.25, 0.3) is 0 Å². The summed E-state index contributed by atoms with van der Waals surface area (Å²) < 4.78 is 0. The van der Waals surface area contributed by atoms with Crippen LogP contribution in [-0.2, 0) is 4.79 Å². The Kier molecular flexibility index (Phi) is 3.03. The van der Waals surface area contributed by atoms with Crippen LogP contribution in [0.4, 0.5) is 0 Å². The van der Waals surface area contributed by atoms with Crippen molar-refractivity contribution >= 4 is 5.78 Å². The van der Waals surface area contributed by atoms with Crippen molar-refractivity contribution in [2.24, 2.45) is 11.7 Å². The standard InChI is InChI=1S/C8H17NO/c1-6(2)7(10)5-8(3,4)9/h6H,5,9H2,1-4H3. The second-order valence-corrected chi connectivity index (χ2v) is 3.79. The zero-order valence-corrected chi connectivity index (χ0v) is 7.27. The topological polar surface area (TPSA) is 43.1 Å². The van der Waals surface area contributed by atoms with Crippen molar-refractivity contribution in [3.63, 3.8) is 0 Å². The highest BCUT2D eigenvalue weighted by Crippen LogP contribution is 2.08. The Labute approximate surface area is 62.8 Å². The summed E-state index contributed by atoms with van der Waals surface area (Å²) >= 11 is 0. The molecule has 0 rings (SSSR count). The van der Waals surface area contributed by atoms with E-state index in [-0.39, 0.29) is 17.2 Å². The largest absolute Gasteiger partial charge is 0.325 e. The Balaban J connectivity index is 3.81. The maximum atomic E-state index is 11.1. The van der Waals surface area contributed by atoms with Crippen LogP contribution in [0.5, 0.6) is 0 Å². The minimum Gasteiger partial charge on any atom is -0.325 e. The minimum atomic E-state index is -0.346. The summed E-state index contributed by atoms with van der Waals surface area (Å²) in [6, 6.07) is 0. The van der Waals surface area contributed by atoms with Gasteiger partial charge >= 0.3 is 0 Å². The van der Waals surface area contributed by atoms with E-state index in [9.17, 15) is 4.79 Å². The summed E-state index contributed by atoms with van der Waals surface area (Å²) in [5.74, 6) is 0.357. The van der Waals surface area contributed by atoms with Crippen LogP contribution in [0.3, 0.4) is 0 Å². The van der Waals surface area contributed by atoms with Gasteiger partial charge in [0.1, 0.15) is 5.78 Å². The van der Waals surface area contributed by atoms with Crippen molar-refractivity contribution in [2.75, 3.05) is 0 Å². The summed E-state index contributed by atoms with van der Waals surface area (Å²) in [5, 5.41) is 0. The van der Waals surface area contributed by atoms with Gasteiger partial charge in [0.2, 0.25) is 0 Å². The van der Waals surface area contributed by atoms with E-state index in [4.69, 9.17) is 5.73 Å². The number of carbonyl (C=O) groups is 1. The Bertz CT molecular complexity index is 122. The van der Waals surface area contributed by atoms with Gasteiger partial charge in [0, 0.05) is 17.9 Å². The third kappa shape index (κ3) is 4.50. The lowest BCUT2D eigenvalue weighted by molar-refractivity contribution is -0.122. The molecule has 0 fully saturated rings. The molecule has 0 aliphatic rings. The van der Waals surface area contributed by atoms with E-state index in [2.05, 4.69) is 0 Å². The Morgan fingerprint density at radius 3 is 2.00 bits per heavy atom. The second-order valence-electron chi connectivity index (χ2n) is 3.79. The number of hydrogen-bond acceptors (Lipinski definition) is 2. The molecule has 0 heterocycles. The van der Waals surface area contributed by atoms with Crippen molar-refractivity contribution in [2.45, 2.75) is 39.7 Å². The van der Waals surface area contributed by atoms with Gasteiger partial charge in [-0.15, -0.1) is 0 Å². The number of hydrogen-bond donors (Lipinski definition) is 1. The molecular formula is C8H17NO. The van der Waals surface area contributed by atoms with Crippen molar-refractivity contribution in [3.8, 4) is 0 Å². The van der Waals surface area contributed by atoms with E-state index in [1.807, 2.05) is 27.7 Å². The maximum Gasteiger partial charge on any atom is 0.137 e. The molecule has 0 spiro atoms. The monoisotopic (exact) mass is 143 g/mol. The molecular weight excluding hydrogens is 126 g/mol. The molecule has 2 nitrogen and oxygen atoms in total. The first kappa shape index (κ1) is 9.63. The smallest absolute Gasteiger partial charge is 0.137 e. The Morgan fingerprint density at radius 1 is 1.50 bits per heavy atom. The lowest BCUT2D eigenvalue weighted by atomic mass is 9.94. The molecule has 0 atom stereocenters. The average Bonchev–Trinajstić information content (AvgIpc) is 1.60. The quantitative estimate of drug-likeness (QED) is 0.647. The molecule has 0 saturated carbocycles. The lowest BCUT2D eigenvalue weighted by Crippen LogP contribution is -2.35. The fourth-order valence-corrected chi connectivity index (χ4v) is 0.653. The van der Waals surface area contributed by atoms with E-state index in [0.717, 1.165) is 0 Å². The van der Waals surface area contributed by atoms with E-state index >= 15 is 0 Å². The lowest BCUT2D eigenvalue weighted by Gasteiger charge is -2.18. The molecule has 0 aliphatic carbocycles. The van der Waals surface area contributed by atoms with Gasteiger partial charge in [-0.2, -0.15) is 0 Å². The Morgan fingerprint density at radius 2 is 1.90 bits per heavy atom. The number of ketones is 1. The highest BCUT2D eigenvalue weighted by atomic mass is 16.1. The molecule has 0 saturated heterocycles. The van der Waals surface area contributed by atoms with E-state index < -0.39 is 0 Å². The van der Waals surface area contributed by atoms with E-state index in [1.54, 1.807) is 0 Å². The van der Waals surface area contributed by atoms with Gasteiger partial charge < -0.3 is 5.73 Å². The molecule has 2 heteroatoms. The first-order valence-corrected chi connectivity index (χ1v) is 3.64. The maximum absolute atomic E-state index is 11.1. The molecule has 0 bridgehead atoms. The number of nitrogens with two attached hydrogens (primary N) is 1. The summed E-state index contributed by atoms with van der Waals surface area (Å²) in [5.41, 5.74) is 5.31. The minimum absolute atomic E-state index is 0.114. The highest BCUT2D eigenvalue weighted by molar-refractivity contribution is 5.81. The molecule has 0 aromatic carbocycles. The zero-order chi connectivity index (χ0) is 8.36. The summed E-state index contributed by atoms with van der Waals surface area (Å²) in [7, 11) is 0. The molecule has 0 aromatic rings. The molecule has 10 heavy (non-hydrogen) atoms. The number of rotatable bonds is 3. The molecule has 0 amide bonds. The predicted molar refractivity (Wildman–Crippen MR) is 42.7 cm³/mol. The molecule has 60 valence electrons. The van der Waals surface area contributed by atoms with Gasteiger partial charge in [0.05, 0.1) is 0 Å². The van der Waals surface area contributed by atoms with Crippen LogP contribution in [0, 0.1) is 5.92 Å². The molecule has 2 N–H and O–H groups in total. The molecule has 0 aromatic heterocycles. The Hall–Kier alpha value is -0.370. The molecule has 0 aliphatic heterocycles. The SMILES string of the molecule is CC(C)C(=O)CC(C)(C)N. The highest BCUT2D eigenvalue weighted by Gasteiger charge is 2.17. The fourth-order valence-electron chi connectivity index (χ4n) is 0.653. The molecule has 0 unspecified atom stereocenters. The van der Waals surface area contributed by atoms with E-state index in [0.29, 0.717) is 6.42 Å². The van der Waals surface area contributed by atoms with Crippen LogP contribution in [0.15, 0.2) is 0 Å². The van der Waals surface area contributed by atoms with Gasteiger partial charge in [-0.25, -0.2) is 0 Å². The van der Waals surface area contributed by atoms with Gasteiger partial charge in [0.15, 0.2) is 0 Å². The first-order valence-electron chi connectivity index (χ1n) is 3.64. The third-order valence-electron chi connectivity index (χ3n) is 1.27. The average molecular weight is 143 g/mol. The van der Waals surface area contributed by atoms with Gasteiger partial charge in [-0.1, -0.05) is 13.8 Å². The van der Waals surface area contributed by atoms with Crippen molar-refractivity contribution in [1.82, 2.24) is 0 Å².